The maximum atomic E-state index is 12.8. The molecule has 0 unspecified atom stereocenters. The SMILES string of the molecule is COc1ccc2c(c1)OC[C@@H]1c3cc(NS(=O)(=O)c4ccccc4)c(OC)cc3O[C@H]21. The molecule has 160 valence electrons. The van der Waals surface area contributed by atoms with Crippen LogP contribution in [0.1, 0.15) is 23.1 Å². The number of ether oxygens (including phenoxy) is 4. The summed E-state index contributed by atoms with van der Waals surface area (Å²) in [4.78, 5) is 0.176. The minimum absolute atomic E-state index is 0.0678. The fraction of sp³-hybridized carbons (Fsp3) is 0.217. The normalized spacial score (nSPS) is 18.6. The number of rotatable bonds is 5. The largest absolute Gasteiger partial charge is 0.497 e. The van der Waals surface area contributed by atoms with E-state index in [1.165, 1.54) is 7.11 Å². The molecule has 0 aliphatic carbocycles. The van der Waals surface area contributed by atoms with Crippen LogP contribution in [0.25, 0.3) is 0 Å². The van der Waals surface area contributed by atoms with Crippen molar-refractivity contribution in [1.29, 1.82) is 0 Å². The van der Waals surface area contributed by atoms with E-state index >= 15 is 0 Å². The second-order valence-corrected chi connectivity index (χ2v) is 9.05. The summed E-state index contributed by atoms with van der Waals surface area (Å²) in [6.07, 6.45) is -0.227. The molecule has 0 aromatic heterocycles. The highest BCUT2D eigenvalue weighted by Gasteiger charge is 2.41. The first-order valence-corrected chi connectivity index (χ1v) is 11.3. The van der Waals surface area contributed by atoms with Crippen LogP contribution in [0.15, 0.2) is 65.6 Å². The van der Waals surface area contributed by atoms with Gasteiger partial charge in [0.05, 0.1) is 37.3 Å². The van der Waals surface area contributed by atoms with E-state index in [0.717, 1.165) is 16.9 Å². The van der Waals surface area contributed by atoms with E-state index in [9.17, 15) is 8.42 Å². The molecule has 0 fully saturated rings. The van der Waals surface area contributed by atoms with Gasteiger partial charge in [0.2, 0.25) is 0 Å². The highest BCUT2D eigenvalue weighted by Crippen LogP contribution is 2.53. The van der Waals surface area contributed by atoms with Crippen molar-refractivity contribution < 1.29 is 27.4 Å². The Kier molecular flexibility index (Phi) is 4.66. The first kappa shape index (κ1) is 19.6. The zero-order valence-corrected chi connectivity index (χ0v) is 17.8. The maximum Gasteiger partial charge on any atom is 0.262 e. The highest BCUT2D eigenvalue weighted by molar-refractivity contribution is 7.92. The van der Waals surface area contributed by atoms with Crippen LogP contribution < -0.4 is 23.7 Å². The molecule has 31 heavy (non-hydrogen) atoms. The van der Waals surface area contributed by atoms with E-state index in [-0.39, 0.29) is 16.9 Å². The lowest BCUT2D eigenvalue weighted by molar-refractivity contribution is 0.139. The van der Waals surface area contributed by atoms with E-state index in [1.54, 1.807) is 49.6 Å². The van der Waals surface area contributed by atoms with Gasteiger partial charge < -0.3 is 18.9 Å². The van der Waals surface area contributed by atoms with Crippen molar-refractivity contribution in [3.8, 4) is 23.0 Å². The van der Waals surface area contributed by atoms with E-state index in [2.05, 4.69) is 4.72 Å². The van der Waals surface area contributed by atoms with Crippen molar-refractivity contribution >= 4 is 15.7 Å². The van der Waals surface area contributed by atoms with Crippen molar-refractivity contribution in [3.63, 3.8) is 0 Å². The fourth-order valence-corrected chi connectivity index (χ4v) is 5.12. The molecule has 0 bridgehead atoms. The van der Waals surface area contributed by atoms with Crippen LogP contribution in [-0.2, 0) is 10.0 Å². The number of hydrogen-bond donors (Lipinski definition) is 1. The predicted molar refractivity (Wildman–Crippen MR) is 115 cm³/mol. The van der Waals surface area contributed by atoms with Crippen LogP contribution in [0, 0.1) is 0 Å². The van der Waals surface area contributed by atoms with Crippen LogP contribution in [0.4, 0.5) is 5.69 Å². The molecular weight excluding hydrogens is 418 g/mol. The van der Waals surface area contributed by atoms with Crippen LogP contribution >= 0.6 is 0 Å². The molecule has 5 rings (SSSR count). The molecule has 0 saturated carbocycles. The van der Waals surface area contributed by atoms with Crippen LogP contribution in [-0.4, -0.2) is 29.2 Å². The Balaban J connectivity index is 1.51. The third-order valence-electron chi connectivity index (χ3n) is 5.59. The van der Waals surface area contributed by atoms with Gasteiger partial charge in [-0.25, -0.2) is 8.42 Å². The zero-order valence-electron chi connectivity index (χ0n) is 17.0. The molecule has 0 spiro atoms. The fourth-order valence-electron chi connectivity index (χ4n) is 4.04. The number of sulfonamides is 1. The summed E-state index contributed by atoms with van der Waals surface area (Å²) in [6.45, 7) is 0.412. The summed E-state index contributed by atoms with van der Waals surface area (Å²) in [5.41, 5.74) is 2.16. The standard InChI is InChI=1S/C23H21NO6S/c1-27-14-8-9-16-20(10-14)29-13-18-17-11-19(22(28-2)12-21(17)30-23(16)18)24-31(25,26)15-6-4-3-5-7-15/h3-12,18,23-24H,13H2,1-2H3/t18-,23-/m1/s1. The van der Waals surface area contributed by atoms with Crippen LogP contribution in [0.3, 0.4) is 0 Å². The molecule has 3 aromatic carbocycles. The zero-order chi connectivity index (χ0) is 21.6. The monoisotopic (exact) mass is 439 g/mol. The lowest BCUT2D eigenvalue weighted by Crippen LogP contribution is -2.23. The molecule has 0 radical (unpaired) electrons. The Bertz CT molecular complexity index is 1240. The van der Waals surface area contributed by atoms with Gasteiger partial charge in [-0.1, -0.05) is 18.2 Å². The minimum atomic E-state index is -3.76. The Morgan fingerprint density at radius 1 is 0.935 bits per heavy atom. The molecule has 0 saturated heterocycles. The molecule has 2 heterocycles. The van der Waals surface area contributed by atoms with Gasteiger partial charge in [-0.05, 0) is 30.3 Å². The second kappa shape index (κ2) is 7.39. The predicted octanol–water partition coefficient (Wildman–Crippen LogP) is 4.11. The summed E-state index contributed by atoms with van der Waals surface area (Å²) >= 11 is 0. The Morgan fingerprint density at radius 2 is 1.74 bits per heavy atom. The van der Waals surface area contributed by atoms with E-state index in [0.29, 0.717) is 29.5 Å². The molecule has 1 N–H and O–H groups in total. The van der Waals surface area contributed by atoms with E-state index in [1.807, 2.05) is 18.2 Å². The Hall–Kier alpha value is -3.39. The Labute approximate surface area is 180 Å². The number of hydrogen-bond acceptors (Lipinski definition) is 6. The van der Waals surface area contributed by atoms with Crippen molar-refractivity contribution in [2.24, 2.45) is 0 Å². The van der Waals surface area contributed by atoms with Gasteiger partial charge in [-0.2, -0.15) is 0 Å². The molecule has 2 aliphatic rings. The number of fused-ring (bicyclic) bond motifs is 5. The van der Waals surface area contributed by atoms with Gasteiger partial charge in [0.25, 0.3) is 10.0 Å². The van der Waals surface area contributed by atoms with E-state index in [4.69, 9.17) is 18.9 Å². The van der Waals surface area contributed by atoms with Gasteiger partial charge in [0.1, 0.15) is 29.1 Å². The first-order valence-electron chi connectivity index (χ1n) is 9.77. The number of methoxy groups -OCH3 is 2. The topological polar surface area (TPSA) is 83.1 Å². The lowest BCUT2D eigenvalue weighted by atomic mass is 9.89. The summed E-state index contributed by atoms with van der Waals surface area (Å²) < 4.78 is 51.3. The number of benzene rings is 3. The summed E-state index contributed by atoms with van der Waals surface area (Å²) in [6, 6.07) is 17.4. The molecule has 7 nitrogen and oxygen atoms in total. The van der Waals surface area contributed by atoms with Crippen molar-refractivity contribution in [1.82, 2.24) is 0 Å². The molecule has 3 aromatic rings. The van der Waals surface area contributed by atoms with Gasteiger partial charge in [-0.15, -0.1) is 0 Å². The van der Waals surface area contributed by atoms with Gasteiger partial charge in [-0.3, -0.25) is 4.72 Å². The first-order chi connectivity index (χ1) is 15.0. The number of anilines is 1. The van der Waals surface area contributed by atoms with Gasteiger partial charge >= 0.3 is 0 Å². The average Bonchev–Trinajstić information content (AvgIpc) is 3.16. The third-order valence-corrected chi connectivity index (χ3v) is 6.98. The lowest BCUT2D eigenvalue weighted by Gasteiger charge is -2.28. The van der Waals surface area contributed by atoms with Gasteiger partial charge in [0.15, 0.2) is 0 Å². The number of nitrogens with one attached hydrogen (secondary N) is 1. The molecular formula is C23H21NO6S. The summed E-state index contributed by atoms with van der Waals surface area (Å²) in [5.74, 6) is 2.41. The molecule has 0 amide bonds. The summed E-state index contributed by atoms with van der Waals surface area (Å²) in [7, 11) is -0.659. The quantitative estimate of drug-likeness (QED) is 0.644. The highest BCUT2D eigenvalue weighted by atomic mass is 32.2. The second-order valence-electron chi connectivity index (χ2n) is 7.37. The Morgan fingerprint density at radius 3 is 2.48 bits per heavy atom. The van der Waals surface area contributed by atoms with Crippen molar-refractivity contribution in [3.05, 3.63) is 71.8 Å². The van der Waals surface area contributed by atoms with Crippen LogP contribution in [0.2, 0.25) is 0 Å². The smallest absolute Gasteiger partial charge is 0.262 e. The molecule has 8 heteroatoms. The van der Waals surface area contributed by atoms with E-state index < -0.39 is 10.0 Å². The van der Waals surface area contributed by atoms with Crippen LogP contribution in [0.5, 0.6) is 23.0 Å². The third kappa shape index (κ3) is 3.33. The summed E-state index contributed by atoms with van der Waals surface area (Å²) in [5, 5.41) is 0. The maximum absolute atomic E-state index is 12.8. The minimum Gasteiger partial charge on any atom is -0.497 e. The van der Waals surface area contributed by atoms with Gasteiger partial charge in [0, 0.05) is 23.3 Å². The molecule has 2 atom stereocenters. The molecule has 2 aliphatic heterocycles. The van der Waals surface area contributed by atoms with Crippen molar-refractivity contribution in [2.45, 2.75) is 16.9 Å². The van der Waals surface area contributed by atoms with Crippen molar-refractivity contribution in [2.75, 3.05) is 25.5 Å². The average molecular weight is 439 g/mol.